The Morgan fingerprint density at radius 2 is 1.25 bits per heavy atom. The Morgan fingerprint density at radius 1 is 0.705 bits per heavy atom. The molecule has 1 saturated heterocycles. The van der Waals surface area contributed by atoms with Crippen molar-refractivity contribution in [2.75, 3.05) is 13.1 Å². The first-order valence-corrected chi connectivity index (χ1v) is 15.1. The van der Waals surface area contributed by atoms with Crippen LogP contribution in [-0.2, 0) is 31.0 Å². The molecule has 8 heteroatoms. The SMILES string of the molecule is NC(=O)C1CCCCN1C(=O)NCCc1ccc(OCc2ccccc2)c(OCc2ccccc2)c1OCc1ccccc1. The van der Waals surface area contributed by atoms with Gasteiger partial charge in [0.05, 0.1) is 0 Å². The number of benzene rings is 4. The Labute approximate surface area is 258 Å². The second kappa shape index (κ2) is 15.5. The summed E-state index contributed by atoms with van der Waals surface area (Å²) in [7, 11) is 0. The van der Waals surface area contributed by atoms with Crippen LogP contribution in [0.4, 0.5) is 4.79 Å². The number of urea groups is 1. The van der Waals surface area contributed by atoms with Crippen molar-refractivity contribution in [2.45, 2.75) is 51.5 Å². The monoisotopic (exact) mass is 593 g/mol. The topological polar surface area (TPSA) is 103 Å². The van der Waals surface area contributed by atoms with Crippen molar-refractivity contribution in [3.63, 3.8) is 0 Å². The van der Waals surface area contributed by atoms with Gasteiger partial charge in [0.2, 0.25) is 11.7 Å². The molecule has 4 aromatic carbocycles. The molecule has 0 aromatic heterocycles. The van der Waals surface area contributed by atoms with Crippen molar-refractivity contribution >= 4 is 11.9 Å². The maximum atomic E-state index is 13.0. The van der Waals surface area contributed by atoms with Crippen LogP contribution in [0.1, 0.15) is 41.5 Å². The smallest absolute Gasteiger partial charge is 0.318 e. The molecule has 1 atom stereocenters. The van der Waals surface area contributed by atoms with Crippen LogP contribution in [0.25, 0.3) is 0 Å². The third-order valence-corrected chi connectivity index (χ3v) is 7.61. The van der Waals surface area contributed by atoms with Crippen molar-refractivity contribution in [2.24, 2.45) is 5.73 Å². The summed E-state index contributed by atoms with van der Waals surface area (Å²) in [4.78, 5) is 26.5. The Balaban J connectivity index is 1.39. The van der Waals surface area contributed by atoms with Gasteiger partial charge in [0, 0.05) is 18.7 Å². The number of piperidine rings is 1. The summed E-state index contributed by atoms with van der Waals surface area (Å²) in [5.74, 6) is 1.17. The van der Waals surface area contributed by atoms with Crippen molar-refractivity contribution in [1.29, 1.82) is 0 Å². The van der Waals surface area contributed by atoms with E-state index >= 15 is 0 Å². The van der Waals surface area contributed by atoms with Crippen LogP contribution in [-0.4, -0.2) is 36.0 Å². The molecule has 0 bridgehead atoms. The second-order valence-electron chi connectivity index (χ2n) is 10.8. The Bertz CT molecular complexity index is 1500. The molecule has 1 heterocycles. The normalized spacial score (nSPS) is 14.5. The number of nitrogens with one attached hydrogen (secondary N) is 1. The lowest BCUT2D eigenvalue weighted by Gasteiger charge is -2.33. The molecule has 4 aromatic rings. The summed E-state index contributed by atoms with van der Waals surface area (Å²) >= 11 is 0. The van der Waals surface area contributed by atoms with E-state index in [-0.39, 0.29) is 6.03 Å². The summed E-state index contributed by atoms with van der Waals surface area (Å²) in [6.07, 6.45) is 2.80. The number of hydrogen-bond donors (Lipinski definition) is 2. The molecule has 228 valence electrons. The molecule has 3 amide bonds. The summed E-state index contributed by atoms with van der Waals surface area (Å²) in [5, 5.41) is 2.98. The predicted octanol–water partition coefficient (Wildman–Crippen LogP) is 6.02. The highest BCUT2D eigenvalue weighted by atomic mass is 16.5. The van der Waals surface area contributed by atoms with Crippen LogP contribution in [0.5, 0.6) is 17.2 Å². The molecule has 0 radical (unpaired) electrons. The van der Waals surface area contributed by atoms with Gasteiger partial charge in [0.25, 0.3) is 0 Å². The van der Waals surface area contributed by atoms with Crippen LogP contribution in [0, 0.1) is 0 Å². The highest BCUT2D eigenvalue weighted by molar-refractivity contribution is 5.86. The molecule has 1 unspecified atom stereocenters. The number of nitrogens with zero attached hydrogens (tertiary/aromatic N) is 1. The first-order chi connectivity index (χ1) is 21.6. The van der Waals surface area contributed by atoms with E-state index in [4.69, 9.17) is 19.9 Å². The van der Waals surface area contributed by atoms with Gasteiger partial charge >= 0.3 is 6.03 Å². The zero-order chi connectivity index (χ0) is 30.6. The molecular weight excluding hydrogens is 554 g/mol. The maximum Gasteiger partial charge on any atom is 0.318 e. The number of ether oxygens (including phenoxy) is 3. The van der Waals surface area contributed by atoms with E-state index in [0.717, 1.165) is 35.1 Å². The van der Waals surface area contributed by atoms with E-state index in [0.29, 0.717) is 63.0 Å². The van der Waals surface area contributed by atoms with Gasteiger partial charge in [-0.15, -0.1) is 0 Å². The summed E-state index contributed by atoms with van der Waals surface area (Å²) in [6, 6.07) is 32.8. The zero-order valence-corrected chi connectivity index (χ0v) is 24.8. The van der Waals surface area contributed by atoms with Gasteiger partial charge < -0.3 is 30.2 Å². The van der Waals surface area contributed by atoms with Crippen molar-refractivity contribution in [3.05, 3.63) is 125 Å². The third kappa shape index (κ3) is 8.31. The molecule has 1 aliphatic rings. The molecule has 0 aliphatic carbocycles. The average molecular weight is 594 g/mol. The predicted molar refractivity (Wildman–Crippen MR) is 169 cm³/mol. The standard InChI is InChI=1S/C36H39N3O5/c37-35(40)31-18-10-11-23-39(31)36(41)38-22-21-30-19-20-32(42-24-27-12-4-1-5-13-27)34(44-26-29-16-8-3-9-17-29)33(30)43-25-28-14-6-2-7-15-28/h1-9,12-17,19-20,31H,10-11,18,21-26H2,(H2,37,40)(H,38,41). The van der Waals surface area contributed by atoms with Gasteiger partial charge in [-0.3, -0.25) is 4.79 Å². The molecule has 0 spiro atoms. The van der Waals surface area contributed by atoms with Crippen LogP contribution in [0.2, 0.25) is 0 Å². The van der Waals surface area contributed by atoms with Crippen molar-refractivity contribution in [3.8, 4) is 17.2 Å². The van der Waals surface area contributed by atoms with Crippen molar-refractivity contribution < 1.29 is 23.8 Å². The lowest BCUT2D eigenvalue weighted by molar-refractivity contribution is -0.123. The third-order valence-electron chi connectivity index (χ3n) is 7.61. The molecule has 1 fully saturated rings. The lowest BCUT2D eigenvalue weighted by Crippen LogP contribution is -2.54. The number of amides is 3. The Morgan fingerprint density at radius 3 is 1.82 bits per heavy atom. The van der Waals surface area contributed by atoms with E-state index in [1.165, 1.54) is 0 Å². The minimum Gasteiger partial charge on any atom is -0.485 e. The molecule has 3 N–H and O–H groups in total. The molecule has 8 nitrogen and oxygen atoms in total. The molecular formula is C36H39N3O5. The first-order valence-electron chi connectivity index (χ1n) is 15.1. The van der Waals surface area contributed by atoms with Crippen LogP contribution in [0.3, 0.4) is 0 Å². The fourth-order valence-corrected chi connectivity index (χ4v) is 5.26. The number of hydrogen-bond acceptors (Lipinski definition) is 5. The van der Waals surface area contributed by atoms with Crippen LogP contribution >= 0.6 is 0 Å². The van der Waals surface area contributed by atoms with E-state index in [9.17, 15) is 9.59 Å². The van der Waals surface area contributed by atoms with E-state index in [2.05, 4.69) is 5.32 Å². The summed E-state index contributed by atoms with van der Waals surface area (Å²) in [6.45, 7) is 1.87. The van der Waals surface area contributed by atoms with Gasteiger partial charge in [-0.1, -0.05) is 97.1 Å². The number of likely N-dealkylation sites (tertiary alicyclic amines) is 1. The van der Waals surface area contributed by atoms with Gasteiger partial charge in [-0.25, -0.2) is 4.79 Å². The Kier molecular flexibility index (Phi) is 10.7. The van der Waals surface area contributed by atoms with Gasteiger partial charge in [0.15, 0.2) is 11.5 Å². The van der Waals surface area contributed by atoms with Gasteiger partial charge in [-0.05, 0) is 48.4 Å². The van der Waals surface area contributed by atoms with Gasteiger partial charge in [-0.2, -0.15) is 0 Å². The second-order valence-corrected chi connectivity index (χ2v) is 10.8. The van der Waals surface area contributed by atoms with Crippen molar-refractivity contribution in [1.82, 2.24) is 10.2 Å². The largest absolute Gasteiger partial charge is 0.485 e. The van der Waals surface area contributed by atoms with Gasteiger partial charge in [0.1, 0.15) is 25.9 Å². The molecule has 5 rings (SSSR count). The molecule has 0 saturated carbocycles. The van der Waals surface area contributed by atoms with E-state index in [1.807, 2.05) is 103 Å². The summed E-state index contributed by atoms with van der Waals surface area (Å²) < 4.78 is 19.2. The molecule has 44 heavy (non-hydrogen) atoms. The number of primary amides is 1. The van der Waals surface area contributed by atoms with E-state index < -0.39 is 11.9 Å². The maximum absolute atomic E-state index is 13.0. The fraction of sp³-hybridized carbons (Fsp3) is 0.278. The fourth-order valence-electron chi connectivity index (χ4n) is 5.26. The highest BCUT2D eigenvalue weighted by Crippen LogP contribution is 2.42. The highest BCUT2D eigenvalue weighted by Gasteiger charge is 2.30. The zero-order valence-electron chi connectivity index (χ0n) is 24.8. The number of carbonyl (C=O) groups is 2. The Hall–Kier alpha value is -4.98. The van der Waals surface area contributed by atoms with Crippen LogP contribution < -0.4 is 25.3 Å². The average Bonchev–Trinajstić information content (AvgIpc) is 3.07. The number of rotatable bonds is 13. The minimum absolute atomic E-state index is 0.288. The first kappa shape index (κ1) is 30.5. The quantitative estimate of drug-likeness (QED) is 0.198. The minimum atomic E-state index is -0.576. The molecule has 1 aliphatic heterocycles. The lowest BCUT2D eigenvalue weighted by atomic mass is 10.0. The van der Waals surface area contributed by atoms with Crippen LogP contribution in [0.15, 0.2) is 103 Å². The number of nitrogens with two attached hydrogens (primary N) is 1. The number of carbonyl (C=O) groups excluding carboxylic acids is 2. The summed E-state index contributed by atoms with van der Waals surface area (Å²) in [5.41, 5.74) is 9.50. The van der Waals surface area contributed by atoms with E-state index in [1.54, 1.807) is 4.90 Å².